The number of aromatic amines is 1. The third-order valence-electron chi connectivity index (χ3n) is 5.46. The Balaban J connectivity index is 1.36. The van der Waals surface area contributed by atoms with Crippen LogP contribution in [0, 0.1) is 6.92 Å². The van der Waals surface area contributed by atoms with E-state index in [2.05, 4.69) is 25.9 Å². The molecule has 0 aliphatic carbocycles. The van der Waals surface area contributed by atoms with E-state index in [4.69, 9.17) is 0 Å². The van der Waals surface area contributed by atoms with Crippen molar-refractivity contribution in [2.45, 2.75) is 19.5 Å². The van der Waals surface area contributed by atoms with Gasteiger partial charge in [-0.05, 0) is 54.4 Å². The molecule has 190 valence electrons. The lowest BCUT2D eigenvalue weighted by molar-refractivity contribution is -0.139. The molecule has 0 aliphatic heterocycles. The molecule has 12 heteroatoms. The molecule has 4 rings (SSSR count). The largest absolute Gasteiger partial charge is 0.508 e. The van der Waals surface area contributed by atoms with E-state index in [1.54, 1.807) is 43.3 Å². The van der Waals surface area contributed by atoms with Crippen molar-refractivity contribution >= 4 is 46.1 Å². The molecule has 1 unspecified atom stereocenters. The van der Waals surface area contributed by atoms with Gasteiger partial charge in [0.25, 0.3) is 17.7 Å². The van der Waals surface area contributed by atoms with E-state index < -0.39 is 29.7 Å². The maximum atomic E-state index is 12.8. The van der Waals surface area contributed by atoms with E-state index >= 15 is 0 Å². The molecule has 2 aromatic heterocycles. The van der Waals surface area contributed by atoms with Gasteiger partial charge in [0.15, 0.2) is 0 Å². The maximum Gasteiger partial charge on any atom is 0.328 e. The molecule has 0 saturated carbocycles. The van der Waals surface area contributed by atoms with E-state index in [1.807, 2.05) is 0 Å². The molecule has 0 saturated heterocycles. The fraction of sp³-hybridized carbons (Fsp3) is 0.160. The summed E-state index contributed by atoms with van der Waals surface area (Å²) >= 11 is 0.928. The van der Waals surface area contributed by atoms with E-state index in [0.29, 0.717) is 27.7 Å². The average molecular weight is 522 g/mol. The van der Waals surface area contributed by atoms with Crippen molar-refractivity contribution in [2.75, 3.05) is 6.54 Å². The van der Waals surface area contributed by atoms with Crippen LogP contribution in [-0.4, -0.2) is 56.5 Å². The fourth-order valence-corrected chi connectivity index (χ4v) is 4.54. The number of carboxylic acid groups (broad SMARTS) is 1. The Morgan fingerprint density at radius 2 is 1.84 bits per heavy atom. The van der Waals surface area contributed by atoms with Crippen LogP contribution in [-0.2, 0) is 11.3 Å². The third-order valence-corrected chi connectivity index (χ3v) is 6.70. The highest BCUT2D eigenvalue weighted by atomic mass is 32.1. The number of aromatic nitrogens is 2. The van der Waals surface area contributed by atoms with Gasteiger partial charge >= 0.3 is 5.97 Å². The molecule has 0 bridgehead atoms. The lowest BCUT2D eigenvalue weighted by Gasteiger charge is -2.15. The lowest BCUT2D eigenvalue weighted by atomic mass is 10.2. The van der Waals surface area contributed by atoms with Gasteiger partial charge < -0.3 is 31.1 Å². The molecule has 3 amide bonds. The summed E-state index contributed by atoms with van der Waals surface area (Å²) in [5.41, 5.74) is 2.86. The van der Waals surface area contributed by atoms with Crippen LogP contribution in [0.4, 0.5) is 0 Å². The second-order valence-electron chi connectivity index (χ2n) is 8.18. The summed E-state index contributed by atoms with van der Waals surface area (Å²) in [5, 5.41) is 26.8. The van der Waals surface area contributed by atoms with Gasteiger partial charge in [0.05, 0.1) is 27.1 Å². The monoisotopic (exact) mass is 521 g/mol. The number of fused-ring (bicyclic) bond motifs is 1. The number of nitrogens with one attached hydrogen (secondary N) is 4. The summed E-state index contributed by atoms with van der Waals surface area (Å²) in [7, 11) is 0. The number of hydrogen-bond donors (Lipinski definition) is 6. The number of aryl methyl sites for hydroxylation is 1. The highest BCUT2D eigenvalue weighted by Gasteiger charge is 2.25. The summed E-state index contributed by atoms with van der Waals surface area (Å²) in [6.07, 6.45) is 1.50. The summed E-state index contributed by atoms with van der Waals surface area (Å²) in [5.74, 6) is -2.83. The van der Waals surface area contributed by atoms with Crippen molar-refractivity contribution in [3.05, 3.63) is 81.3 Å². The van der Waals surface area contributed by atoms with E-state index in [9.17, 15) is 29.4 Å². The molecule has 1 atom stereocenters. The minimum Gasteiger partial charge on any atom is -0.508 e. The van der Waals surface area contributed by atoms with Crippen molar-refractivity contribution in [2.24, 2.45) is 0 Å². The number of phenols is 1. The minimum atomic E-state index is -1.39. The smallest absolute Gasteiger partial charge is 0.328 e. The number of benzene rings is 2. The molecule has 0 radical (unpaired) electrons. The number of H-pyrrole nitrogens is 1. The number of amides is 3. The number of carbonyl (C=O) groups excluding carboxylic acids is 3. The van der Waals surface area contributed by atoms with Crippen LogP contribution in [0.1, 0.15) is 40.8 Å². The molecule has 2 heterocycles. The lowest BCUT2D eigenvalue weighted by Crippen LogP contribution is -2.48. The Morgan fingerprint density at radius 1 is 1.03 bits per heavy atom. The number of aromatic hydroxyl groups is 1. The molecule has 6 N–H and O–H groups in total. The van der Waals surface area contributed by atoms with Gasteiger partial charge in [-0.3, -0.25) is 14.4 Å². The van der Waals surface area contributed by atoms with Crippen LogP contribution in [0.3, 0.4) is 0 Å². The molecule has 37 heavy (non-hydrogen) atoms. The molecule has 0 spiro atoms. The van der Waals surface area contributed by atoms with E-state index in [1.165, 1.54) is 18.5 Å². The number of phenolic OH excluding ortho intramolecular Hbond substituents is 1. The summed E-state index contributed by atoms with van der Waals surface area (Å²) < 4.78 is 0. The SMILES string of the molecule is Cc1cc(C(=O)NCc2cccc(O)c2)sc1C(=O)NC(CNC(=O)c1ccc2nc[nH]c2c1)C(=O)O. The predicted molar refractivity (Wildman–Crippen MR) is 136 cm³/mol. The van der Waals surface area contributed by atoms with Crippen molar-refractivity contribution in [1.29, 1.82) is 0 Å². The van der Waals surface area contributed by atoms with E-state index in [-0.39, 0.29) is 28.6 Å². The molecule has 11 nitrogen and oxygen atoms in total. The van der Waals surface area contributed by atoms with Crippen molar-refractivity contribution in [1.82, 2.24) is 25.9 Å². The number of hydrogen-bond acceptors (Lipinski definition) is 7. The Bertz CT molecular complexity index is 1490. The first kappa shape index (κ1) is 25.4. The number of carboxylic acids is 1. The van der Waals surface area contributed by atoms with Crippen LogP contribution >= 0.6 is 11.3 Å². The zero-order valence-corrected chi connectivity index (χ0v) is 20.4. The Morgan fingerprint density at radius 3 is 2.59 bits per heavy atom. The maximum absolute atomic E-state index is 12.8. The number of nitrogens with zero attached hydrogens (tertiary/aromatic N) is 1. The van der Waals surface area contributed by atoms with Crippen LogP contribution in [0.15, 0.2) is 54.9 Å². The van der Waals surface area contributed by atoms with Gasteiger partial charge in [-0.25, -0.2) is 9.78 Å². The molecular formula is C25H23N5O6S. The normalized spacial score (nSPS) is 11.6. The fourth-order valence-electron chi connectivity index (χ4n) is 3.55. The number of thiophene rings is 1. The standard InChI is InChI=1S/C25H23N5O6S/c1-13-7-20(23(33)26-10-14-3-2-4-16(31)8-14)37-21(13)24(34)30-19(25(35)36)11-27-22(32)15-5-6-17-18(9-15)29-12-28-17/h2-9,12,19,31H,10-11H2,1H3,(H,26,33)(H,27,32)(H,28,29)(H,30,34)(H,35,36). The predicted octanol–water partition coefficient (Wildman–Crippen LogP) is 2.18. The Hall–Kier alpha value is -4.71. The first-order chi connectivity index (χ1) is 17.7. The number of carbonyl (C=O) groups is 4. The van der Waals surface area contributed by atoms with Gasteiger partial charge in [0, 0.05) is 18.7 Å². The van der Waals surface area contributed by atoms with E-state index in [0.717, 1.165) is 11.3 Å². The highest BCUT2D eigenvalue weighted by molar-refractivity contribution is 7.16. The minimum absolute atomic E-state index is 0.0840. The summed E-state index contributed by atoms with van der Waals surface area (Å²) in [4.78, 5) is 57.0. The molecule has 4 aromatic rings. The van der Waals surface area contributed by atoms with Crippen molar-refractivity contribution in [3.63, 3.8) is 0 Å². The summed E-state index contributed by atoms with van der Waals surface area (Å²) in [6, 6.07) is 11.4. The second-order valence-corrected chi connectivity index (χ2v) is 9.24. The number of rotatable bonds is 9. The van der Waals surface area contributed by atoms with Gasteiger partial charge in [0.1, 0.15) is 11.8 Å². The van der Waals surface area contributed by atoms with Gasteiger partial charge in [0.2, 0.25) is 0 Å². The molecule has 0 fully saturated rings. The first-order valence-electron chi connectivity index (χ1n) is 11.1. The quantitative estimate of drug-likeness (QED) is 0.196. The molecular weight excluding hydrogens is 498 g/mol. The van der Waals surface area contributed by atoms with Crippen LogP contribution in [0.5, 0.6) is 5.75 Å². The Kier molecular flexibility index (Phi) is 7.49. The van der Waals surface area contributed by atoms with Crippen LogP contribution in [0.25, 0.3) is 11.0 Å². The first-order valence-corrected chi connectivity index (χ1v) is 11.9. The zero-order chi connectivity index (χ0) is 26.5. The average Bonchev–Trinajstić information content (AvgIpc) is 3.50. The third kappa shape index (κ3) is 6.11. The van der Waals surface area contributed by atoms with Gasteiger partial charge in [-0.1, -0.05) is 12.1 Å². The number of imidazole rings is 1. The van der Waals surface area contributed by atoms with Crippen LogP contribution < -0.4 is 16.0 Å². The topological polar surface area (TPSA) is 174 Å². The van der Waals surface area contributed by atoms with Crippen LogP contribution in [0.2, 0.25) is 0 Å². The van der Waals surface area contributed by atoms with Gasteiger partial charge in [-0.15, -0.1) is 11.3 Å². The second kappa shape index (κ2) is 10.9. The van der Waals surface area contributed by atoms with Crippen molar-refractivity contribution < 1.29 is 29.4 Å². The number of aliphatic carboxylic acids is 1. The molecule has 2 aromatic carbocycles. The van der Waals surface area contributed by atoms with Gasteiger partial charge in [-0.2, -0.15) is 0 Å². The Labute approximate surface area is 214 Å². The molecule has 0 aliphatic rings. The zero-order valence-electron chi connectivity index (χ0n) is 19.6. The highest BCUT2D eigenvalue weighted by Crippen LogP contribution is 2.22. The summed E-state index contributed by atoms with van der Waals surface area (Å²) in [6.45, 7) is 1.48. The van der Waals surface area contributed by atoms with Crippen molar-refractivity contribution in [3.8, 4) is 5.75 Å².